The lowest BCUT2D eigenvalue weighted by molar-refractivity contribution is -0.120. The van der Waals surface area contributed by atoms with Gasteiger partial charge in [-0.2, -0.15) is 0 Å². The summed E-state index contributed by atoms with van der Waals surface area (Å²) in [5, 5.41) is 5.83. The molecule has 0 unspecified atom stereocenters. The van der Waals surface area contributed by atoms with E-state index in [-0.39, 0.29) is 17.7 Å². The maximum absolute atomic E-state index is 12.2. The van der Waals surface area contributed by atoms with Gasteiger partial charge in [0.05, 0.1) is 12.5 Å². The molecule has 0 radical (unpaired) electrons. The molecule has 3 rings (SSSR count). The van der Waals surface area contributed by atoms with Crippen LogP contribution < -0.4 is 10.6 Å². The number of benzene rings is 1. The smallest absolute Gasteiger partial charge is 0.229 e. The molecule has 2 heterocycles. The van der Waals surface area contributed by atoms with E-state index in [0.717, 1.165) is 26.1 Å². The van der Waals surface area contributed by atoms with Gasteiger partial charge in [0.1, 0.15) is 0 Å². The number of hydrogen-bond acceptors (Lipinski definition) is 4. The van der Waals surface area contributed by atoms with Crippen LogP contribution >= 0.6 is 0 Å². The molecule has 136 valence electrons. The average molecular weight is 345 g/mol. The van der Waals surface area contributed by atoms with Crippen molar-refractivity contribution in [1.29, 1.82) is 0 Å². The molecule has 25 heavy (non-hydrogen) atoms. The Balaban J connectivity index is 1.47. The lowest BCUT2D eigenvalue weighted by atomic mass is 10.1. The lowest BCUT2D eigenvalue weighted by Gasteiger charge is -2.25. The van der Waals surface area contributed by atoms with Crippen molar-refractivity contribution in [3.8, 4) is 0 Å². The molecule has 1 aromatic carbocycles. The Kier molecular flexibility index (Phi) is 6.42. The summed E-state index contributed by atoms with van der Waals surface area (Å²) >= 11 is 0. The van der Waals surface area contributed by atoms with E-state index in [1.54, 1.807) is 6.07 Å². The third kappa shape index (κ3) is 5.54. The van der Waals surface area contributed by atoms with Crippen LogP contribution in [0.25, 0.3) is 0 Å². The van der Waals surface area contributed by atoms with E-state index < -0.39 is 0 Å². The van der Waals surface area contributed by atoms with E-state index in [2.05, 4.69) is 15.5 Å². The Hall–Kier alpha value is -1.92. The molecule has 0 bridgehead atoms. The average Bonchev–Trinajstić information content (AvgIpc) is 3.16. The van der Waals surface area contributed by atoms with Crippen LogP contribution in [0.3, 0.4) is 0 Å². The number of amides is 2. The first-order valence-electron chi connectivity index (χ1n) is 9.21. The van der Waals surface area contributed by atoms with Gasteiger partial charge in [-0.3, -0.25) is 9.59 Å². The summed E-state index contributed by atoms with van der Waals surface area (Å²) in [6.45, 7) is 4.13. The minimum Gasteiger partial charge on any atom is -0.381 e. The van der Waals surface area contributed by atoms with E-state index in [1.165, 1.54) is 19.3 Å². The highest BCUT2D eigenvalue weighted by Gasteiger charge is 2.23. The first-order valence-corrected chi connectivity index (χ1v) is 9.21. The van der Waals surface area contributed by atoms with Crippen LogP contribution in [0.5, 0.6) is 0 Å². The summed E-state index contributed by atoms with van der Waals surface area (Å²) in [6, 6.07) is 7.30. The van der Waals surface area contributed by atoms with E-state index in [4.69, 9.17) is 4.74 Å². The van der Waals surface area contributed by atoms with Gasteiger partial charge in [-0.25, -0.2) is 0 Å². The molecular formula is C19H27N3O3. The van der Waals surface area contributed by atoms with Crippen molar-refractivity contribution in [3.05, 3.63) is 24.3 Å². The molecule has 6 nitrogen and oxygen atoms in total. The molecule has 2 aliphatic heterocycles. The van der Waals surface area contributed by atoms with Crippen molar-refractivity contribution in [2.45, 2.75) is 32.1 Å². The predicted octanol–water partition coefficient (Wildman–Crippen LogP) is 2.48. The van der Waals surface area contributed by atoms with Gasteiger partial charge in [0, 0.05) is 30.9 Å². The number of carbonyl (C=O) groups is 2. The highest BCUT2D eigenvalue weighted by molar-refractivity contribution is 5.95. The molecule has 1 atom stereocenters. The lowest BCUT2D eigenvalue weighted by Crippen LogP contribution is -2.32. The van der Waals surface area contributed by atoms with Gasteiger partial charge in [0.2, 0.25) is 11.8 Å². The maximum Gasteiger partial charge on any atom is 0.229 e. The minimum absolute atomic E-state index is 0.0123. The van der Waals surface area contributed by atoms with Gasteiger partial charge < -0.3 is 20.3 Å². The van der Waals surface area contributed by atoms with Crippen molar-refractivity contribution in [3.63, 3.8) is 0 Å². The van der Waals surface area contributed by atoms with Crippen molar-refractivity contribution in [2.75, 3.05) is 43.5 Å². The van der Waals surface area contributed by atoms with Crippen molar-refractivity contribution >= 4 is 23.2 Å². The molecular weight excluding hydrogens is 318 g/mol. The second-order valence-electron chi connectivity index (χ2n) is 6.83. The monoisotopic (exact) mass is 345 g/mol. The van der Waals surface area contributed by atoms with Gasteiger partial charge in [-0.15, -0.1) is 0 Å². The fourth-order valence-corrected chi connectivity index (χ4v) is 3.33. The van der Waals surface area contributed by atoms with E-state index >= 15 is 0 Å². The molecule has 2 N–H and O–H groups in total. The molecule has 2 fully saturated rings. The Labute approximate surface area is 148 Å². The summed E-state index contributed by atoms with van der Waals surface area (Å²) in [7, 11) is 0. The highest BCUT2D eigenvalue weighted by atomic mass is 16.5. The molecule has 0 aliphatic carbocycles. The number of anilines is 2. The zero-order valence-corrected chi connectivity index (χ0v) is 14.6. The van der Waals surface area contributed by atoms with Gasteiger partial charge in [0.15, 0.2) is 0 Å². The number of piperidine rings is 1. The number of hydrogen-bond donors (Lipinski definition) is 2. The summed E-state index contributed by atoms with van der Waals surface area (Å²) in [6.07, 6.45) is 5.02. The van der Waals surface area contributed by atoms with Gasteiger partial charge in [-0.05, 0) is 50.6 Å². The number of ether oxygens (including phenoxy) is 1. The van der Waals surface area contributed by atoms with Crippen LogP contribution in [0.4, 0.5) is 11.4 Å². The van der Waals surface area contributed by atoms with Crippen LogP contribution in [0.15, 0.2) is 24.3 Å². The molecule has 6 heteroatoms. The predicted molar refractivity (Wildman–Crippen MR) is 97.5 cm³/mol. The van der Waals surface area contributed by atoms with E-state index in [0.29, 0.717) is 31.0 Å². The van der Waals surface area contributed by atoms with Crippen LogP contribution in [0.1, 0.15) is 32.1 Å². The minimum atomic E-state index is -0.0807. The second kappa shape index (κ2) is 8.97. The molecule has 2 saturated heterocycles. The van der Waals surface area contributed by atoms with Crippen LogP contribution in [0, 0.1) is 5.92 Å². The quantitative estimate of drug-likeness (QED) is 0.831. The third-order valence-electron chi connectivity index (χ3n) is 4.82. The maximum atomic E-state index is 12.2. The zero-order valence-electron chi connectivity index (χ0n) is 14.6. The van der Waals surface area contributed by atoms with Crippen molar-refractivity contribution in [2.24, 2.45) is 5.92 Å². The topological polar surface area (TPSA) is 70.7 Å². The second-order valence-corrected chi connectivity index (χ2v) is 6.83. The van der Waals surface area contributed by atoms with E-state index in [9.17, 15) is 9.59 Å². The van der Waals surface area contributed by atoms with Crippen molar-refractivity contribution in [1.82, 2.24) is 4.90 Å². The number of nitrogens with one attached hydrogen (secondary N) is 2. The third-order valence-corrected chi connectivity index (χ3v) is 4.82. The number of carbonyl (C=O) groups excluding carboxylic acids is 2. The van der Waals surface area contributed by atoms with Gasteiger partial charge >= 0.3 is 0 Å². The summed E-state index contributed by atoms with van der Waals surface area (Å²) in [5.41, 5.74) is 1.41. The Bertz CT molecular complexity index is 593. The first kappa shape index (κ1) is 17.9. The Morgan fingerprint density at radius 1 is 1.12 bits per heavy atom. The number of rotatable bonds is 6. The van der Waals surface area contributed by atoms with Crippen LogP contribution in [0.2, 0.25) is 0 Å². The van der Waals surface area contributed by atoms with Gasteiger partial charge in [0.25, 0.3) is 0 Å². The largest absolute Gasteiger partial charge is 0.381 e. The standard InChI is InChI=1S/C19H27N3O3/c23-18(7-11-22-9-2-1-3-10-22)20-16-5-4-6-17(13-16)21-19(24)15-8-12-25-14-15/h4-6,13,15H,1-3,7-12,14H2,(H,20,23)(H,21,24)/t15-/m1/s1. The Morgan fingerprint density at radius 2 is 1.88 bits per heavy atom. The van der Waals surface area contributed by atoms with E-state index in [1.807, 2.05) is 18.2 Å². The molecule has 1 aromatic rings. The molecule has 2 aliphatic rings. The van der Waals surface area contributed by atoms with Crippen LogP contribution in [-0.4, -0.2) is 49.6 Å². The Morgan fingerprint density at radius 3 is 2.60 bits per heavy atom. The summed E-state index contributed by atoms with van der Waals surface area (Å²) in [4.78, 5) is 26.6. The number of nitrogens with zero attached hydrogens (tertiary/aromatic N) is 1. The zero-order chi connectivity index (χ0) is 17.5. The highest BCUT2D eigenvalue weighted by Crippen LogP contribution is 2.19. The first-order chi connectivity index (χ1) is 12.2. The summed E-state index contributed by atoms with van der Waals surface area (Å²) in [5.74, 6) is -0.0906. The SMILES string of the molecule is O=C(CCN1CCCCC1)Nc1cccc(NC(=O)[C@@H]2CCOC2)c1. The summed E-state index contributed by atoms with van der Waals surface area (Å²) < 4.78 is 5.25. The normalized spacial score (nSPS) is 21.0. The van der Waals surface area contributed by atoms with Crippen molar-refractivity contribution < 1.29 is 14.3 Å². The molecule has 0 aromatic heterocycles. The van der Waals surface area contributed by atoms with Crippen LogP contribution in [-0.2, 0) is 14.3 Å². The fraction of sp³-hybridized carbons (Fsp3) is 0.579. The van der Waals surface area contributed by atoms with Gasteiger partial charge in [-0.1, -0.05) is 12.5 Å². The fourth-order valence-electron chi connectivity index (χ4n) is 3.33. The number of likely N-dealkylation sites (tertiary alicyclic amines) is 1. The molecule has 2 amide bonds. The molecule has 0 saturated carbocycles. The molecule has 0 spiro atoms.